The van der Waals surface area contributed by atoms with E-state index >= 15 is 0 Å². The van der Waals surface area contributed by atoms with Crippen molar-refractivity contribution in [2.45, 2.75) is 71.1 Å². The predicted octanol–water partition coefficient (Wildman–Crippen LogP) is 5.31. The summed E-state index contributed by atoms with van der Waals surface area (Å²) in [6.45, 7) is 4.46. The monoisotopic (exact) mass is 315 g/mol. The number of primary amides is 1. The van der Waals surface area contributed by atoms with Crippen LogP contribution in [0.4, 0.5) is 0 Å². The highest BCUT2D eigenvalue weighted by atomic mass is 16.3. The Hall–Kier alpha value is -1.77. The van der Waals surface area contributed by atoms with Gasteiger partial charge in [-0.3, -0.25) is 4.79 Å². The molecule has 2 aromatic rings. The molecule has 0 saturated heterocycles. The Morgan fingerprint density at radius 2 is 1.96 bits per heavy atom. The molecular formula is C20H29NO2. The first-order valence-corrected chi connectivity index (χ1v) is 8.95. The summed E-state index contributed by atoms with van der Waals surface area (Å²) in [4.78, 5) is 11.2. The fraction of sp³-hybridized carbons (Fsp3) is 0.550. The lowest BCUT2D eigenvalue weighted by Crippen LogP contribution is -2.13. The Morgan fingerprint density at radius 1 is 1.17 bits per heavy atom. The summed E-state index contributed by atoms with van der Waals surface area (Å²) in [7, 11) is 0. The zero-order valence-corrected chi connectivity index (χ0v) is 14.4. The lowest BCUT2D eigenvalue weighted by atomic mass is 9.95. The fourth-order valence-electron chi connectivity index (χ4n) is 3.23. The maximum absolute atomic E-state index is 11.2. The van der Waals surface area contributed by atoms with E-state index in [1.165, 1.54) is 38.5 Å². The number of hydrogen-bond acceptors (Lipinski definition) is 2. The maximum atomic E-state index is 11.2. The summed E-state index contributed by atoms with van der Waals surface area (Å²) >= 11 is 0. The van der Waals surface area contributed by atoms with Gasteiger partial charge < -0.3 is 10.2 Å². The van der Waals surface area contributed by atoms with E-state index in [4.69, 9.17) is 10.2 Å². The summed E-state index contributed by atoms with van der Waals surface area (Å²) in [5.41, 5.74) is 7.17. The molecule has 1 aromatic carbocycles. The summed E-state index contributed by atoms with van der Waals surface area (Å²) in [6.07, 6.45) is 9.02. The second-order valence-electron chi connectivity index (χ2n) is 6.43. The Bertz CT molecular complexity index is 630. The Morgan fingerprint density at radius 3 is 2.65 bits per heavy atom. The van der Waals surface area contributed by atoms with Crippen LogP contribution in [0, 0.1) is 0 Å². The van der Waals surface area contributed by atoms with Crippen molar-refractivity contribution < 1.29 is 9.21 Å². The molecule has 0 bridgehead atoms. The third-order valence-electron chi connectivity index (χ3n) is 4.59. The molecule has 0 aliphatic carbocycles. The van der Waals surface area contributed by atoms with Crippen LogP contribution < -0.4 is 5.73 Å². The van der Waals surface area contributed by atoms with Crippen molar-refractivity contribution in [1.82, 2.24) is 0 Å². The van der Waals surface area contributed by atoms with E-state index in [9.17, 15) is 4.79 Å². The van der Waals surface area contributed by atoms with Gasteiger partial charge in [-0.15, -0.1) is 0 Å². The van der Waals surface area contributed by atoms with E-state index in [0.717, 1.165) is 28.7 Å². The van der Waals surface area contributed by atoms with E-state index in [1.54, 1.807) is 0 Å². The second kappa shape index (κ2) is 8.76. The molecule has 0 aliphatic rings. The van der Waals surface area contributed by atoms with Gasteiger partial charge in [-0.25, -0.2) is 0 Å². The molecule has 0 fully saturated rings. The third-order valence-corrected chi connectivity index (χ3v) is 4.59. The third kappa shape index (κ3) is 4.85. The smallest absolute Gasteiger partial charge is 0.221 e. The average Bonchev–Trinajstić information content (AvgIpc) is 2.95. The normalized spacial score (nSPS) is 12.6. The van der Waals surface area contributed by atoms with Gasteiger partial charge in [-0.05, 0) is 30.5 Å². The molecule has 0 spiro atoms. The number of furan rings is 1. The van der Waals surface area contributed by atoms with Gasteiger partial charge in [-0.1, -0.05) is 58.1 Å². The van der Waals surface area contributed by atoms with Crippen molar-refractivity contribution in [3.8, 4) is 0 Å². The molecule has 126 valence electrons. The lowest BCUT2D eigenvalue weighted by Gasteiger charge is -2.11. The molecule has 2 N–H and O–H groups in total. The molecule has 3 heteroatoms. The fourth-order valence-corrected chi connectivity index (χ4v) is 3.23. The van der Waals surface area contributed by atoms with E-state index in [1.807, 2.05) is 18.2 Å². The van der Waals surface area contributed by atoms with Crippen LogP contribution in [0.25, 0.3) is 11.0 Å². The van der Waals surface area contributed by atoms with Crippen molar-refractivity contribution in [2.75, 3.05) is 0 Å². The molecule has 1 heterocycles. The van der Waals surface area contributed by atoms with Crippen LogP contribution in [0.2, 0.25) is 0 Å². The molecule has 1 atom stereocenters. The summed E-state index contributed by atoms with van der Waals surface area (Å²) < 4.78 is 6.07. The average molecular weight is 315 g/mol. The van der Waals surface area contributed by atoms with Crippen molar-refractivity contribution in [1.29, 1.82) is 0 Å². The predicted molar refractivity (Wildman–Crippen MR) is 95.5 cm³/mol. The molecule has 1 aromatic heterocycles. The molecule has 0 saturated carbocycles. The molecule has 3 nitrogen and oxygen atoms in total. The van der Waals surface area contributed by atoms with Gasteiger partial charge in [0.15, 0.2) is 0 Å². The number of carbonyl (C=O) groups excluding carboxylic acids is 1. The highest BCUT2D eigenvalue weighted by molar-refractivity contribution is 5.87. The van der Waals surface area contributed by atoms with E-state index < -0.39 is 0 Å². The number of carbonyl (C=O) groups is 1. The van der Waals surface area contributed by atoms with Crippen molar-refractivity contribution in [3.05, 3.63) is 35.6 Å². The highest BCUT2D eigenvalue weighted by Gasteiger charge is 2.16. The molecule has 23 heavy (non-hydrogen) atoms. The standard InChI is InChI=1S/C20H29NO2/c1-3-5-6-7-8-10-15(4-2)19-14-17-16(13-20(21)22)11-9-12-18(17)23-19/h9,11-12,14-15H,3-8,10,13H2,1-2H3,(H2,21,22). The minimum atomic E-state index is -0.303. The van der Waals surface area contributed by atoms with Crippen LogP contribution in [0.15, 0.2) is 28.7 Å². The number of nitrogens with two attached hydrogens (primary N) is 1. The first-order valence-electron chi connectivity index (χ1n) is 8.95. The van der Waals surface area contributed by atoms with Crippen LogP contribution in [-0.4, -0.2) is 5.91 Å². The zero-order valence-electron chi connectivity index (χ0n) is 14.4. The summed E-state index contributed by atoms with van der Waals surface area (Å²) in [5.74, 6) is 1.21. The van der Waals surface area contributed by atoms with Crippen LogP contribution in [-0.2, 0) is 11.2 Å². The molecule has 0 radical (unpaired) electrons. The van der Waals surface area contributed by atoms with Crippen molar-refractivity contribution >= 4 is 16.9 Å². The Kier molecular flexibility index (Phi) is 6.69. The van der Waals surface area contributed by atoms with Gasteiger partial charge in [0.2, 0.25) is 5.91 Å². The van der Waals surface area contributed by atoms with Gasteiger partial charge in [0.05, 0.1) is 6.42 Å². The van der Waals surface area contributed by atoms with Gasteiger partial charge in [0.1, 0.15) is 11.3 Å². The number of rotatable bonds is 10. The topological polar surface area (TPSA) is 56.2 Å². The summed E-state index contributed by atoms with van der Waals surface area (Å²) in [6, 6.07) is 7.97. The Balaban J connectivity index is 2.09. The molecule has 2 rings (SSSR count). The zero-order chi connectivity index (χ0) is 16.7. The second-order valence-corrected chi connectivity index (χ2v) is 6.43. The number of amides is 1. The van der Waals surface area contributed by atoms with E-state index in [0.29, 0.717) is 5.92 Å². The van der Waals surface area contributed by atoms with Crippen LogP contribution >= 0.6 is 0 Å². The first-order chi connectivity index (χ1) is 11.2. The largest absolute Gasteiger partial charge is 0.461 e. The van der Waals surface area contributed by atoms with Gasteiger partial charge in [0.25, 0.3) is 0 Å². The molecule has 0 aliphatic heterocycles. The van der Waals surface area contributed by atoms with E-state index in [2.05, 4.69) is 19.9 Å². The number of benzene rings is 1. The van der Waals surface area contributed by atoms with E-state index in [-0.39, 0.29) is 12.3 Å². The van der Waals surface area contributed by atoms with Crippen LogP contribution in [0.5, 0.6) is 0 Å². The van der Waals surface area contributed by atoms with Gasteiger partial charge in [0, 0.05) is 11.3 Å². The SMILES string of the molecule is CCCCCCCC(CC)c1cc2c(CC(N)=O)cccc2o1. The number of unbranched alkanes of at least 4 members (excludes halogenated alkanes) is 4. The van der Waals surface area contributed by atoms with Crippen LogP contribution in [0.3, 0.4) is 0 Å². The van der Waals surface area contributed by atoms with Gasteiger partial charge in [-0.2, -0.15) is 0 Å². The Labute approximate surface area is 139 Å². The maximum Gasteiger partial charge on any atom is 0.221 e. The quantitative estimate of drug-likeness (QED) is 0.604. The first kappa shape index (κ1) is 17.6. The van der Waals surface area contributed by atoms with Crippen molar-refractivity contribution in [3.63, 3.8) is 0 Å². The summed E-state index contributed by atoms with van der Waals surface area (Å²) in [5, 5.41) is 1.03. The number of fused-ring (bicyclic) bond motifs is 1. The van der Waals surface area contributed by atoms with Gasteiger partial charge >= 0.3 is 0 Å². The molecular weight excluding hydrogens is 286 g/mol. The lowest BCUT2D eigenvalue weighted by molar-refractivity contribution is -0.117. The number of hydrogen-bond donors (Lipinski definition) is 1. The minimum absolute atomic E-state index is 0.268. The molecule has 1 amide bonds. The molecule has 1 unspecified atom stereocenters. The van der Waals surface area contributed by atoms with Crippen LogP contribution in [0.1, 0.15) is 76.0 Å². The highest BCUT2D eigenvalue weighted by Crippen LogP contribution is 2.32. The minimum Gasteiger partial charge on any atom is -0.461 e. The van der Waals surface area contributed by atoms with Crippen molar-refractivity contribution in [2.24, 2.45) is 5.73 Å².